The van der Waals surface area contributed by atoms with Gasteiger partial charge in [0.1, 0.15) is 11.3 Å². The lowest BCUT2D eigenvalue weighted by Crippen LogP contribution is -2.34. The van der Waals surface area contributed by atoms with Crippen molar-refractivity contribution in [3.8, 4) is 11.5 Å². The number of carbonyl (C=O) groups excluding carboxylic acids is 1. The zero-order valence-electron chi connectivity index (χ0n) is 15.4. The van der Waals surface area contributed by atoms with E-state index in [1.807, 2.05) is 0 Å². The number of anilines is 1. The molecule has 0 radical (unpaired) electrons. The summed E-state index contributed by atoms with van der Waals surface area (Å²) < 4.78 is 19.7. The van der Waals surface area contributed by atoms with E-state index < -0.39 is 11.7 Å². The quantitative estimate of drug-likeness (QED) is 0.280. The minimum Gasteiger partial charge on any atom is -0.436 e. The van der Waals surface area contributed by atoms with Crippen molar-refractivity contribution in [3.05, 3.63) is 80.5 Å². The lowest BCUT2D eigenvalue weighted by atomic mass is 10.2. The van der Waals surface area contributed by atoms with Crippen molar-refractivity contribution in [2.24, 2.45) is 0 Å². The average molecular weight is 539 g/mol. The molecule has 1 heterocycles. The summed E-state index contributed by atoms with van der Waals surface area (Å²) in [5.74, 6) is -0.632. The molecule has 2 N–H and O–H groups in total. The third kappa shape index (κ3) is 4.88. The minimum atomic E-state index is -0.448. The Morgan fingerprint density at radius 1 is 1.06 bits per heavy atom. The van der Waals surface area contributed by atoms with Crippen LogP contribution in [0.3, 0.4) is 0 Å². The number of aromatic nitrogens is 1. The number of nitrogens with one attached hydrogen (secondary N) is 2. The molecular formula is C21H11BrCl2FN3O2S. The number of amides is 1. The number of nitrogens with zero attached hydrogens (tertiary/aromatic N) is 1. The summed E-state index contributed by atoms with van der Waals surface area (Å²) in [7, 11) is 0. The number of halogens is 4. The van der Waals surface area contributed by atoms with Crippen LogP contribution in [-0.2, 0) is 0 Å². The topological polar surface area (TPSA) is 67.2 Å². The highest BCUT2D eigenvalue weighted by molar-refractivity contribution is 9.10. The van der Waals surface area contributed by atoms with Crippen molar-refractivity contribution in [1.29, 1.82) is 0 Å². The second-order valence-corrected chi connectivity index (χ2v) is 8.50. The van der Waals surface area contributed by atoms with Crippen LogP contribution in [0.1, 0.15) is 10.4 Å². The van der Waals surface area contributed by atoms with Gasteiger partial charge in [0.15, 0.2) is 10.7 Å². The molecule has 0 fully saturated rings. The number of rotatable bonds is 3. The van der Waals surface area contributed by atoms with Gasteiger partial charge in [-0.2, -0.15) is 0 Å². The highest BCUT2D eigenvalue weighted by Gasteiger charge is 2.15. The summed E-state index contributed by atoms with van der Waals surface area (Å²) in [5, 5.41) is 6.10. The monoisotopic (exact) mass is 537 g/mol. The van der Waals surface area contributed by atoms with Gasteiger partial charge in [-0.1, -0.05) is 39.1 Å². The van der Waals surface area contributed by atoms with Crippen molar-refractivity contribution >= 4 is 79.2 Å². The van der Waals surface area contributed by atoms with E-state index >= 15 is 0 Å². The maximum absolute atomic E-state index is 13.3. The average Bonchev–Trinajstić information content (AvgIpc) is 3.12. The fraction of sp³-hybridized carbons (Fsp3) is 0. The molecule has 0 bridgehead atoms. The van der Waals surface area contributed by atoms with Crippen molar-refractivity contribution < 1.29 is 13.6 Å². The molecule has 1 amide bonds. The summed E-state index contributed by atoms with van der Waals surface area (Å²) in [6.07, 6.45) is 0. The predicted molar refractivity (Wildman–Crippen MR) is 127 cm³/mol. The summed E-state index contributed by atoms with van der Waals surface area (Å²) in [6.45, 7) is 0. The molecule has 0 unspecified atom stereocenters. The number of oxazole rings is 1. The fourth-order valence-electron chi connectivity index (χ4n) is 2.79. The second-order valence-electron chi connectivity index (χ2n) is 6.36. The zero-order chi connectivity index (χ0) is 22.1. The Morgan fingerprint density at radius 2 is 1.87 bits per heavy atom. The Kier molecular flexibility index (Phi) is 6.24. The van der Waals surface area contributed by atoms with E-state index in [-0.39, 0.29) is 21.6 Å². The molecule has 0 aliphatic rings. The SMILES string of the molecule is O=C(NC(=S)Nc1ccc2oc(-c3ccc(F)cc3Cl)nc2c1)c1cc(Br)ccc1Cl. The van der Waals surface area contributed by atoms with Crippen molar-refractivity contribution in [2.75, 3.05) is 5.32 Å². The first kappa shape index (κ1) is 21.7. The molecule has 0 saturated carbocycles. The van der Waals surface area contributed by atoms with Gasteiger partial charge in [0.2, 0.25) is 5.89 Å². The van der Waals surface area contributed by atoms with E-state index in [1.165, 1.54) is 18.2 Å². The molecule has 4 aromatic rings. The Labute approximate surface area is 199 Å². The van der Waals surface area contributed by atoms with E-state index in [2.05, 4.69) is 31.5 Å². The third-order valence-corrected chi connectivity index (χ3v) is 5.55. The highest BCUT2D eigenvalue weighted by Crippen LogP contribution is 2.31. The Morgan fingerprint density at radius 3 is 2.65 bits per heavy atom. The molecule has 0 aliphatic carbocycles. The predicted octanol–water partition coefficient (Wildman–Crippen LogP) is 6.83. The Hall–Kier alpha value is -2.52. The first-order chi connectivity index (χ1) is 14.8. The van der Waals surface area contributed by atoms with Crippen LogP contribution in [0.25, 0.3) is 22.6 Å². The lowest BCUT2D eigenvalue weighted by Gasteiger charge is -2.10. The maximum Gasteiger partial charge on any atom is 0.258 e. The van der Waals surface area contributed by atoms with Crippen LogP contribution in [0.4, 0.5) is 10.1 Å². The van der Waals surface area contributed by atoms with E-state index in [0.717, 1.165) is 4.47 Å². The molecule has 0 atom stereocenters. The van der Waals surface area contributed by atoms with Gasteiger partial charge in [-0.05, 0) is 66.8 Å². The molecule has 0 aliphatic heterocycles. The van der Waals surface area contributed by atoms with Crippen LogP contribution in [0.5, 0.6) is 0 Å². The first-order valence-corrected chi connectivity index (χ1v) is 10.7. The maximum atomic E-state index is 13.3. The number of thiocarbonyl (C=S) groups is 1. The molecule has 5 nitrogen and oxygen atoms in total. The molecule has 0 spiro atoms. The van der Waals surface area contributed by atoms with Gasteiger partial charge < -0.3 is 9.73 Å². The van der Waals surface area contributed by atoms with Crippen molar-refractivity contribution in [1.82, 2.24) is 10.3 Å². The lowest BCUT2D eigenvalue weighted by molar-refractivity contribution is 0.0978. The summed E-state index contributed by atoms with van der Waals surface area (Å²) in [4.78, 5) is 16.8. The number of carbonyl (C=O) groups is 1. The molecule has 0 saturated heterocycles. The second kappa shape index (κ2) is 8.92. The molecule has 156 valence electrons. The van der Waals surface area contributed by atoms with Gasteiger partial charge >= 0.3 is 0 Å². The smallest absolute Gasteiger partial charge is 0.258 e. The Balaban J connectivity index is 1.51. The van der Waals surface area contributed by atoms with Gasteiger partial charge in [0.05, 0.1) is 21.2 Å². The molecular weight excluding hydrogens is 528 g/mol. The van der Waals surface area contributed by atoms with Crippen molar-refractivity contribution in [3.63, 3.8) is 0 Å². The first-order valence-electron chi connectivity index (χ1n) is 8.73. The van der Waals surface area contributed by atoms with E-state index in [1.54, 1.807) is 36.4 Å². The largest absolute Gasteiger partial charge is 0.436 e. The molecule has 1 aromatic heterocycles. The van der Waals surface area contributed by atoms with Gasteiger partial charge in [-0.25, -0.2) is 9.37 Å². The number of hydrogen-bond donors (Lipinski definition) is 2. The van der Waals surface area contributed by atoms with Crippen molar-refractivity contribution in [2.45, 2.75) is 0 Å². The Bertz CT molecular complexity index is 1350. The van der Waals surface area contributed by atoms with E-state index in [0.29, 0.717) is 27.4 Å². The van der Waals surface area contributed by atoms with Gasteiger partial charge in [-0.3, -0.25) is 10.1 Å². The summed E-state index contributed by atoms with van der Waals surface area (Å²) >= 11 is 20.7. The number of hydrogen-bond acceptors (Lipinski definition) is 4. The van der Waals surface area contributed by atoms with Crippen LogP contribution in [0.15, 0.2) is 63.5 Å². The van der Waals surface area contributed by atoms with Crippen LogP contribution in [-0.4, -0.2) is 16.0 Å². The minimum absolute atomic E-state index is 0.0886. The highest BCUT2D eigenvalue weighted by atomic mass is 79.9. The van der Waals surface area contributed by atoms with Gasteiger partial charge in [0.25, 0.3) is 5.91 Å². The normalized spacial score (nSPS) is 10.8. The van der Waals surface area contributed by atoms with Crippen LogP contribution < -0.4 is 10.6 Å². The third-order valence-electron chi connectivity index (χ3n) is 4.21. The zero-order valence-corrected chi connectivity index (χ0v) is 19.3. The van der Waals surface area contributed by atoms with Crippen LogP contribution >= 0.6 is 51.3 Å². The number of fused-ring (bicyclic) bond motifs is 1. The summed E-state index contributed by atoms with van der Waals surface area (Å²) in [5.41, 5.74) is 2.39. The summed E-state index contributed by atoms with van der Waals surface area (Å²) in [6, 6.07) is 14.0. The van der Waals surface area contributed by atoms with E-state index in [9.17, 15) is 9.18 Å². The van der Waals surface area contributed by atoms with Gasteiger partial charge in [-0.15, -0.1) is 0 Å². The fourth-order valence-corrected chi connectivity index (χ4v) is 3.81. The molecule has 31 heavy (non-hydrogen) atoms. The molecule has 10 heteroatoms. The van der Waals surface area contributed by atoms with Gasteiger partial charge in [0, 0.05) is 10.2 Å². The van der Waals surface area contributed by atoms with Crippen LogP contribution in [0, 0.1) is 5.82 Å². The van der Waals surface area contributed by atoms with Crippen LogP contribution in [0.2, 0.25) is 10.0 Å². The number of benzene rings is 3. The van der Waals surface area contributed by atoms with E-state index in [4.69, 9.17) is 39.8 Å². The molecule has 3 aromatic carbocycles. The standard InChI is InChI=1S/C21H11BrCl2FN3O2S/c22-10-1-5-15(23)14(7-10)19(29)28-21(31)26-12-3-6-18-17(9-12)27-20(30-18)13-4-2-11(25)8-16(13)24/h1-9H,(H2,26,28,29,31). The molecule has 4 rings (SSSR count).